The number of hydrogen-bond donors (Lipinski definition) is 1. The largest absolute Gasteiger partial charge is 0.308 e. The normalized spacial score (nSPS) is 11.6. The van der Waals surface area contributed by atoms with Crippen molar-refractivity contribution in [2.24, 2.45) is 0 Å². The van der Waals surface area contributed by atoms with Gasteiger partial charge in [0.1, 0.15) is 0 Å². The number of hydrogen-bond acceptors (Lipinski definition) is 2. The highest BCUT2D eigenvalue weighted by atomic mass is 14.9. The molecule has 0 saturated carbocycles. The van der Waals surface area contributed by atoms with Gasteiger partial charge in [0.25, 0.3) is 0 Å². The summed E-state index contributed by atoms with van der Waals surface area (Å²) in [6.45, 7) is 7.64. The van der Waals surface area contributed by atoms with Gasteiger partial charge in [-0.2, -0.15) is 0 Å². The minimum absolute atomic E-state index is 0.234. The van der Waals surface area contributed by atoms with E-state index in [-0.39, 0.29) is 5.54 Å². The molecular formula is C12H20N2. The van der Waals surface area contributed by atoms with Crippen molar-refractivity contribution in [3.8, 4) is 0 Å². The molecule has 0 aromatic carbocycles. The lowest BCUT2D eigenvalue weighted by molar-refractivity contribution is 0.357. The van der Waals surface area contributed by atoms with Gasteiger partial charge < -0.3 is 5.32 Å². The minimum atomic E-state index is 0.234. The van der Waals surface area contributed by atoms with Gasteiger partial charge in [-0.3, -0.25) is 4.98 Å². The van der Waals surface area contributed by atoms with E-state index >= 15 is 0 Å². The molecule has 78 valence electrons. The summed E-state index contributed by atoms with van der Waals surface area (Å²) in [5.74, 6) is 0. The van der Waals surface area contributed by atoms with E-state index in [4.69, 9.17) is 0 Å². The lowest BCUT2D eigenvalue weighted by Gasteiger charge is -2.25. The monoisotopic (exact) mass is 192 g/mol. The van der Waals surface area contributed by atoms with Gasteiger partial charge >= 0.3 is 0 Å². The molecule has 2 heteroatoms. The predicted octanol–water partition coefficient (Wildman–Crippen LogP) is 2.75. The Hall–Kier alpha value is -0.890. The Morgan fingerprint density at radius 1 is 1.29 bits per heavy atom. The first-order valence-corrected chi connectivity index (χ1v) is 5.28. The van der Waals surface area contributed by atoms with Crippen molar-refractivity contribution in [1.82, 2.24) is 10.3 Å². The summed E-state index contributed by atoms with van der Waals surface area (Å²) in [7, 11) is 0. The second-order valence-electron chi connectivity index (χ2n) is 4.34. The molecule has 0 atom stereocenters. The molecule has 0 aliphatic carbocycles. The molecule has 0 unspecified atom stereocenters. The van der Waals surface area contributed by atoms with Crippen molar-refractivity contribution >= 4 is 0 Å². The molecule has 1 aromatic rings. The molecule has 1 N–H and O–H groups in total. The van der Waals surface area contributed by atoms with Crippen LogP contribution in [0.2, 0.25) is 0 Å². The molecule has 14 heavy (non-hydrogen) atoms. The third-order valence-corrected chi connectivity index (χ3v) is 2.40. The summed E-state index contributed by atoms with van der Waals surface area (Å²) >= 11 is 0. The fourth-order valence-corrected chi connectivity index (χ4v) is 1.56. The van der Waals surface area contributed by atoms with Crippen LogP contribution in [0.5, 0.6) is 0 Å². The Balaban J connectivity index is 2.40. The standard InChI is InChI=1S/C12H20N2/c1-4-7-12(2,3)14-10-11-5-8-13-9-6-11/h5-6,8-9,14H,4,7,10H2,1-3H3. The van der Waals surface area contributed by atoms with E-state index in [1.165, 1.54) is 18.4 Å². The quantitative estimate of drug-likeness (QED) is 0.776. The fourth-order valence-electron chi connectivity index (χ4n) is 1.56. The Morgan fingerprint density at radius 3 is 2.50 bits per heavy atom. The van der Waals surface area contributed by atoms with Gasteiger partial charge in [-0.15, -0.1) is 0 Å². The zero-order chi connectivity index (χ0) is 10.4. The van der Waals surface area contributed by atoms with E-state index in [0.29, 0.717) is 0 Å². The summed E-state index contributed by atoms with van der Waals surface area (Å²) in [6, 6.07) is 4.10. The van der Waals surface area contributed by atoms with Crippen LogP contribution in [0, 0.1) is 0 Å². The first kappa shape index (κ1) is 11.2. The zero-order valence-electron chi connectivity index (χ0n) is 9.38. The number of nitrogens with zero attached hydrogens (tertiary/aromatic N) is 1. The molecule has 0 saturated heterocycles. The lowest BCUT2D eigenvalue weighted by Crippen LogP contribution is -2.38. The number of rotatable bonds is 5. The Labute approximate surface area is 86.8 Å². The maximum atomic E-state index is 4.00. The van der Waals surface area contributed by atoms with E-state index in [1.54, 1.807) is 0 Å². The molecule has 1 rings (SSSR count). The number of aromatic nitrogens is 1. The first-order chi connectivity index (χ1) is 6.64. The highest BCUT2D eigenvalue weighted by Crippen LogP contribution is 2.11. The molecule has 1 heterocycles. The average Bonchev–Trinajstić information content (AvgIpc) is 2.17. The van der Waals surface area contributed by atoms with Crippen LogP contribution in [0.3, 0.4) is 0 Å². The number of nitrogens with one attached hydrogen (secondary N) is 1. The van der Waals surface area contributed by atoms with Crippen LogP contribution in [0.15, 0.2) is 24.5 Å². The van der Waals surface area contributed by atoms with Crippen molar-refractivity contribution in [3.05, 3.63) is 30.1 Å². The molecule has 0 aliphatic rings. The molecule has 1 aromatic heterocycles. The van der Waals surface area contributed by atoms with E-state index in [2.05, 4.69) is 43.2 Å². The average molecular weight is 192 g/mol. The molecule has 0 amide bonds. The van der Waals surface area contributed by atoms with E-state index in [0.717, 1.165) is 6.54 Å². The van der Waals surface area contributed by atoms with Crippen molar-refractivity contribution in [2.75, 3.05) is 0 Å². The highest BCUT2D eigenvalue weighted by Gasteiger charge is 2.14. The van der Waals surface area contributed by atoms with Crippen LogP contribution in [0.1, 0.15) is 39.2 Å². The van der Waals surface area contributed by atoms with E-state index < -0.39 is 0 Å². The predicted molar refractivity (Wildman–Crippen MR) is 60.1 cm³/mol. The Morgan fingerprint density at radius 2 is 1.93 bits per heavy atom. The smallest absolute Gasteiger partial charge is 0.0271 e. The van der Waals surface area contributed by atoms with E-state index in [1.807, 2.05) is 12.4 Å². The molecule has 0 fully saturated rings. The zero-order valence-corrected chi connectivity index (χ0v) is 9.38. The maximum Gasteiger partial charge on any atom is 0.0271 e. The topological polar surface area (TPSA) is 24.9 Å². The third kappa shape index (κ3) is 3.88. The minimum Gasteiger partial charge on any atom is -0.308 e. The van der Waals surface area contributed by atoms with Gasteiger partial charge in [0.05, 0.1) is 0 Å². The second kappa shape index (κ2) is 5.11. The second-order valence-corrected chi connectivity index (χ2v) is 4.34. The summed E-state index contributed by atoms with van der Waals surface area (Å²) in [6.07, 6.45) is 6.10. The number of pyridine rings is 1. The Kier molecular flexibility index (Phi) is 4.08. The van der Waals surface area contributed by atoms with Crippen molar-refractivity contribution in [2.45, 2.75) is 45.7 Å². The van der Waals surface area contributed by atoms with Crippen LogP contribution < -0.4 is 5.32 Å². The van der Waals surface area contributed by atoms with Gasteiger partial charge in [-0.25, -0.2) is 0 Å². The lowest BCUT2D eigenvalue weighted by atomic mass is 9.99. The summed E-state index contributed by atoms with van der Waals surface area (Å²) < 4.78 is 0. The summed E-state index contributed by atoms with van der Waals surface area (Å²) in [5, 5.41) is 3.55. The molecule has 0 spiro atoms. The van der Waals surface area contributed by atoms with Crippen LogP contribution in [-0.4, -0.2) is 10.5 Å². The molecule has 0 aliphatic heterocycles. The van der Waals surface area contributed by atoms with Crippen molar-refractivity contribution in [3.63, 3.8) is 0 Å². The van der Waals surface area contributed by atoms with Crippen molar-refractivity contribution < 1.29 is 0 Å². The Bertz CT molecular complexity index is 254. The summed E-state index contributed by atoms with van der Waals surface area (Å²) in [4.78, 5) is 4.00. The third-order valence-electron chi connectivity index (χ3n) is 2.40. The first-order valence-electron chi connectivity index (χ1n) is 5.28. The van der Waals surface area contributed by atoms with Gasteiger partial charge in [-0.1, -0.05) is 13.3 Å². The highest BCUT2D eigenvalue weighted by molar-refractivity contribution is 5.09. The molecular weight excluding hydrogens is 172 g/mol. The SMILES string of the molecule is CCCC(C)(C)NCc1ccncc1. The molecule has 0 radical (unpaired) electrons. The fraction of sp³-hybridized carbons (Fsp3) is 0.583. The van der Waals surface area contributed by atoms with Crippen LogP contribution in [0.4, 0.5) is 0 Å². The van der Waals surface area contributed by atoms with Crippen LogP contribution >= 0.6 is 0 Å². The van der Waals surface area contributed by atoms with Gasteiger partial charge in [0.15, 0.2) is 0 Å². The molecule has 0 bridgehead atoms. The maximum absolute atomic E-state index is 4.00. The van der Waals surface area contributed by atoms with Crippen LogP contribution in [-0.2, 0) is 6.54 Å². The summed E-state index contributed by atoms with van der Waals surface area (Å²) in [5.41, 5.74) is 1.53. The van der Waals surface area contributed by atoms with Crippen LogP contribution in [0.25, 0.3) is 0 Å². The van der Waals surface area contributed by atoms with Gasteiger partial charge in [0.2, 0.25) is 0 Å². The van der Waals surface area contributed by atoms with Gasteiger partial charge in [-0.05, 0) is 38.0 Å². The van der Waals surface area contributed by atoms with E-state index in [9.17, 15) is 0 Å². The van der Waals surface area contributed by atoms with Crippen molar-refractivity contribution in [1.29, 1.82) is 0 Å². The van der Waals surface area contributed by atoms with Gasteiger partial charge in [0, 0.05) is 24.5 Å². The molecule has 2 nitrogen and oxygen atoms in total.